The van der Waals surface area contributed by atoms with Crippen molar-refractivity contribution < 1.29 is 13.9 Å². The third kappa shape index (κ3) is 4.88. The second-order valence-electron chi connectivity index (χ2n) is 4.93. The van der Waals surface area contributed by atoms with Gasteiger partial charge < -0.3 is 10.4 Å². The van der Waals surface area contributed by atoms with Crippen LogP contribution in [0.25, 0.3) is 0 Å². The molecule has 0 spiro atoms. The van der Waals surface area contributed by atoms with Crippen molar-refractivity contribution in [1.29, 1.82) is 0 Å². The van der Waals surface area contributed by atoms with E-state index in [1.807, 2.05) is 0 Å². The van der Waals surface area contributed by atoms with Gasteiger partial charge in [-0.05, 0) is 44.4 Å². The van der Waals surface area contributed by atoms with Crippen LogP contribution < -0.4 is 5.32 Å². The van der Waals surface area contributed by atoms with Crippen molar-refractivity contribution in [3.63, 3.8) is 0 Å². The van der Waals surface area contributed by atoms with E-state index in [2.05, 4.69) is 12.2 Å². The number of aliphatic hydroxyl groups excluding tert-OH is 1. The summed E-state index contributed by atoms with van der Waals surface area (Å²) in [7, 11) is 0. The van der Waals surface area contributed by atoms with Crippen molar-refractivity contribution >= 4 is 0 Å². The zero-order valence-corrected chi connectivity index (χ0v) is 11.6. The number of hydrogen-bond acceptors (Lipinski definition) is 2. The van der Waals surface area contributed by atoms with Crippen molar-refractivity contribution in [2.24, 2.45) is 5.92 Å². The van der Waals surface area contributed by atoms with Gasteiger partial charge in [-0.2, -0.15) is 0 Å². The van der Waals surface area contributed by atoms with Gasteiger partial charge in [0.1, 0.15) is 11.6 Å². The Hall–Kier alpha value is -1.00. The first-order valence-corrected chi connectivity index (χ1v) is 6.88. The minimum Gasteiger partial charge on any atom is -0.396 e. The lowest BCUT2D eigenvalue weighted by Gasteiger charge is -2.20. The summed E-state index contributed by atoms with van der Waals surface area (Å²) in [6.45, 7) is 4.64. The quantitative estimate of drug-likeness (QED) is 0.759. The molecule has 2 unspecified atom stereocenters. The molecule has 108 valence electrons. The normalized spacial score (nSPS) is 14.4. The van der Waals surface area contributed by atoms with E-state index in [1.165, 1.54) is 18.2 Å². The van der Waals surface area contributed by atoms with Gasteiger partial charge in [0.25, 0.3) is 0 Å². The summed E-state index contributed by atoms with van der Waals surface area (Å²) in [4.78, 5) is 0. The minimum atomic E-state index is -0.519. The highest BCUT2D eigenvalue weighted by Crippen LogP contribution is 2.21. The first-order chi connectivity index (χ1) is 9.10. The van der Waals surface area contributed by atoms with Gasteiger partial charge in [0, 0.05) is 18.2 Å². The summed E-state index contributed by atoms with van der Waals surface area (Å²) in [6, 6.07) is 3.54. The fraction of sp³-hybridized carbons (Fsp3) is 0.600. The van der Waals surface area contributed by atoms with Gasteiger partial charge in [0.15, 0.2) is 0 Å². The summed E-state index contributed by atoms with van der Waals surface area (Å²) < 4.78 is 27.2. The van der Waals surface area contributed by atoms with Crippen LogP contribution in [-0.2, 0) is 0 Å². The summed E-state index contributed by atoms with van der Waals surface area (Å²) in [6.07, 6.45) is 2.75. The first-order valence-electron chi connectivity index (χ1n) is 6.88. The average molecular weight is 271 g/mol. The molecule has 4 heteroatoms. The van der Waals surface area contributed by atoms with Gasteiger partial charge in [-0.15, -0.1) is 0 Å². The van der Waals surface area contributed by atoms with Crippen LogP contribution in [0.1, 0.15) is 44.7 Å². The molecular weight excluding hydrogens is 248 g/mol. The van der Waals surface area contributed by atoms with Crippen molar-refractivity contribution in [1.82, 2.24) is 5.32 Å². The van der Waals surface area contributed by atoms with Crippen molar-refractivity contribution in [2.45, 2.75) is 39.2 Å². The van der Waals surface area contributed by atoms with Crippen LogP contribution in [0.2, 0.25) is 0 Å². The fourth-order valence-electron chi connectivity index (χ4n) is 2.31. The molecule has 2 atom stereocenters. The molecule has 0 bridgehead atoms. The lowest BCUT2D eigenvalue weighted by Crippen LogP contribution is -2.27. The van der Waals surface area contributed by atoms with Crippen molar-refractivity contribution in [3.8, 4) is 0 Å². The number of halogens is 2. The molecule has 0 aliphatic heterocycles. The average Bonchev–Trinajstić information content (AvgIpc) is 2.36. The van der Waals surface area contributed by atoms with Gasteiger partial charge in [-0.1, -0.05) is 19.4 Å². The van der Waals surface area contributed by atoms with E-state index in [0.29, 0.717) is 18.9 Å². The molecule has 1 rings (SSSR count). The van der Waals surface area contributed by atoms with Crippen LogP contribution >= 0.6 is 0 Å². The molecule has 0 heterocycles. The summed E-state index contributed by atoms with van der Waals surface area (Å²) >= 11 is 0. The smallest absolute Gasteiger partial charge is 0.130 e. The minimum absolute atomic E-state index is 0.0850. The maximum Gasteiger partial charge on any atom is 0.130 e. The Morgan fingerprint density at radius 2 is 1.84 bits per heavy atom. The molecule has 0 radical (unpaired) electrons. The Kier molecular flexibility index (Phi) is 6.95. The van der Waals surface area contributed by atoms with Gasteiger partial charge in [-0.25, -0.2) is 8.78 Å². The van der Waals surface area contributed by atoms with Crippen LogP contribution in [0.15, 0.2) is 18.2 Å². The highest BCUT2D eigenvalue weighted by Gasteiger charge is 2.17. The van der Waals surface area contributed by atoms with Crippen LogP contribution in [0.5, 0.6) is 0 Å². The molecule has 1 aromatic carbocycles. The summed E-state index contributed by atoms with van der Waals surface area (Å²) in [5, 5.41) is 12.1. The van der Waals surface area contributed by atoms with E-state index in [4.69, 9.17) is 5.11 Å². The maximum atomic E-state index is 13.6. The van der Waals surface area contributed by atoms with Gasteiger partial charge in [0.2, 0.25) is 0 Å². The molecular formula is C15H23F2NO. The van der Waals surface area contributed by atoms with E-state index >= 15 is 0 Å². The zero-order valence-electron chi connectivity index (χ0n) is 11.6. The van der Waals surface area contributed by atoms with E-state index in [1.54, 1.807) is 6.92 Å². The zero-order chi connectivity index (χ0) is 14.3. The SMILES string of the molecule is CCCC(CCO)CNC(C)c1c(F)cccc1F. The number of nitrogens with one attached hydrogen (secondary N) is 1. The maximum absolute atomic E-state index is 13.6. The Bertz CT molecular complexity index is 358. The Labute approximate surface area is 113 Å². The molecule has 0 aromatic heterocycles. The molecule has 2 nitrogen and oxygen atoms in total. The largest absolute Gasteiger partial charge is 0.396 e. The molecule has 19 heavy (non-hydrogen) atoms. The molecule has 0 amide bonds. The monoisotopic (exact) mass is 271 g/mol. The second-order valence-corrected chi connectivity index (χ2v) is 4.93. The van der Waals surface area contributed by atoms with E-state index < -0.39 is 11.6 Å². The summed E-state index contributed by atoms with van der Waals surface area (Å²) in [5.41, 5.74) is 0.0850. The molecule has 0 saturated carbocycles. The Balaban J connectivity index is 2.61. The lowest BCUT2D eigenvalue weighted by atomic mass is 9.99. The number of rotatable bonds is 8. The molecule has 0 fully saturated rings. The highest BCUT2D eigenvalue weighted by molar-refractivity contribution is 5.22. The Morgan fingerprint density at radius 3 is 2.37 bits per heavy atom. The lowest BCUT2D eigenvalue weighted by molar-refractivity contribution is 0.245. The number of aliphatic hydroxyl groups is 1. The molecule has 0 saturated heterocycles. The molecule has 2 N–H and O–H groups in total. The van der Waals surface area contributed by atoms with Gasteiger partial charge in [0.05, 0.1) is 0 Å². The third-order valence-corrected chi connectivity index (χ3v) is 3.38. The van der Waals surface area contributed by atoms with Crippen LogP contribution in [0.4, 0.5) is 8.78 Å². The number of benzene rings is 1. The Morgan fingerprint density at radius 1 is 1.21 bits per heavy atom. The number of hydrogen-bond donors (Lipinski definition) is 2. The standard InChI is InChI=1S/C15H23F2NO/c1-3-5-12(8-9-19)10-18-11(2)15-13(16)6-4-7-14(15)17/h4,6-7,11-12,18-19H,3,5,8-10H2,1-2H3. The molecule has 0 aliphatic carbocycles. The van der Waals surface area contributed by atoms with E-state index in [0.717, 1.165) is 12.8 Å². The first kappa shape index (κ1) is 16.1. The van der Waals surface area contributed by atoms with Crippen molar-refractivity contribution in [3.05, 3.63) is 35.4 Å². The predicted octanol–water partition coefficient (Wildman–Crippen LogP) is 3.41. The predicted molar refractivity (Wildman–Crippen MR) is 72.9 cm³/mol. The van der Waals surface area contributed by atoms with Crippen LogP contribution in [0.3, 0.4) is 0 Å². The highest BCUT2D eigenvalue weighted by atomic mass is 19.1. The second kappa shape index (κ2) is 8.23. The van der Waals surface area contributed by atoms with E-state index in [9.17, 15) is 8.78 Å². The van der Waals surface area contributed by atoms with Crippen molar-refractivity contribution in [2.75, 3.05) is 13.2 Å². The van der Waals surface area contributed by atoms with Crippen LogP contribution in [-0.4, -0.2) is 18.3 Å². The van der Waals surface area contributed by atoms with Gasteiger partial charge >= 0.3 is 0 Å². The summed E-state index contributed by atoms with van der Waals surface area (Å²) in [5.74, 6) is -0.698. The van der Waals surface area contributed by atoms with Crippen LogP contribution in [0, 0.1) is 17.6 Å². The van der Waals surface area contributed by atoms with E-state index in [-0.39, 0.29) is 18.2 Å². The fourth-order valence-corrected chi connectivity index (χ4v) is 2.31. The topological polar surface area (TPSA) is 32.3 Å². The third-order valence-electron chi connectivity index (χ3n) is 3.38. The molecule has 1 aromatic rings. The molecule has 0 aliphatic rings. The van der Waals surface area contributed by atoms with Gasteiger partial charge in [-0.3, -0.25) is 0 Å².